The van der Waals surface area contributed by atoms with Crippen molar-refractivity contribution in [3.63, 3.8) is 0 Å². The first-order valence-electron chi connectivity index (χ1n) is 20.6. The second-order valence-corrected chi connectivity index (χ2v) is 17.2. The number of imide groups is 1. The zero-order chi connectivity index (χ0) is 40.0. The molecule has 59 heavy (non-hydrogen) atoms. The third kappa shape index (κ3) is 7.24. The van der Waals surface area contributed by atoms with Crippen LogP contribution in [0.25, 0.3) is 27.5 Å². The number of nitrogens with one attached hydrogen (secondary N) is 2. The Morgan fingerprint density at radius 1 is 0.898 bits per heavy atom. The van der Waals surface area contributed by atoms with Gasteiger partial charge < -0.3 is 24.8 Å². The molecule has 0 spiro atoms. The summed E-state index contributed by atoms with van der Waals surface area (Å²) in [6, 6.07) is 14.3. The third-order valence-corrected chi connectivity index (χ3v) is 13.6. The molecule has 16 nitrogen and oxygen atoms in total. The minimum atomic E-state index is -0.354. The zero-order valence-corrected chi connectivity index (χ0v) is 33.3. The average molecular weight is 813 g/mol. The maximum atomic E-state index is 14.1. The second-order valence-electron chi connectivity index (χ2n) is 16.2. The number of carbonyl (C=O) groups excluding carboxylic acids is 3. The molecule has 0 radical (unpaired) electrons. The minimum Gasteiger partial charge on any atom is -0.381 e. The van der Waals surface area contributed by atoms with Gasteiger partial charge in [0, 0.05) is 87.9 Å². The molecule has 302 valence electrons. The molecule has 5 aliphatic rings. The number of hydrogen-bond donors (Lipinski definition) is 2. The molecule has 0 saturated carbocycles. The number of hydrogen-bond acceptors (Lipinski definition) is 14. The van der Waals surface area contributed by atoms with Gasteiger partial charge in [-0.3, -0.25) is 24.7 Å². The number of rotatable bonds is 8. The van der Waals surface area contributed by atoms with E-state index in [1.165, 1.54) is 0 Å². The quantitative estimate of drug-likeness (QED) is 0.211. The standard InChI is InChI=1S/C42H44N12O4S/c43-19-25-17-29-4-6-36(54(29)46-20-25)35-18-34(47-28-11-15-58-16-12-28)33(22-44-35)40-49-50-42(59-40)52-23-30-2-3-31(24-52)53(30)41(57)26-9-13-51(14-10-26)37-7-1-27(21-45-37)32-5-8-38(55)48-39(32)56/h1,4,6-7,17-18,20-22,26,28,30-32H,2-3,5,8-16,23-24H2,(H,44,47)(H,48,55,56)/t30?,31?,32-/m1/s1. The zero-order valence-electron chi connectivity index (χ0n) is 32.5. The van der Waals surface area contributed by atoms with Crippen LogP contribution in [0.2, 0.25) is 0 Å². The van der Waals surface area contributed by atoms with Gasteiger partial charge in [-0.2, -0.15) is 10.4 Å². The molecular formula is C42H44N12O4S. The molecule has 3 amide bonds. The van der Waals surface area contributed by atoms with Crippen LogP contribution >= 0.6 is 11.3 Å². The maximum Gasteiger partial charge on any atom is 0.234 e. The Morgan fingerprint density at radius 3 is 2.46 bits per heavy atom. The first kappa shape index (κ1) is 37.3. The minimum absolute atomic E-state index is 0.0236. The van der Waals surface area contributed by atoms with E-state index in [1.54, 1.807) is 28.2 Å². The molecular weight excluding hydrogens is 769 g/mol. The van der Waals surface area contributed by atoms with Gasteiger partial charge in [0.15, 0.2) is 5.01 Å². The SMILES string of the molecule is N#Cc1cnn2c(-c3cc(NC4CCOCC4)c(-c4nnc(N5CC6CCC(C5)N6C(=O)C5CCN(c6ccc([C@H]7CCC(=O)NC7=O)cn6)CC5)s4)cn3)ccc2c1. The Kier molecular flexibility index (Phi) is 9.89. The molecule has 0 aliphatic carbocycles. The second kappa shape index (κ2) is 15.6. The smallest absolute Gasteiger partial charge is 0.234 e. The summed E-state index contributed by atoms with van der Waals surface area (Å²) >= 11 is 1.56. The van der Waals surface area contributed by atoms with Crippen molar-refractivity contribution in [2.45, 2.75) is 75.4 Å². The average Bonchev–Trinajstić information content (AvgIpc) is 4.00. The Morgan fingerprint density at radius 2 is 1.71 bits per heavy atom. The Labute approximate surface area is 344 Å². The molecule has 10 heterocycles. The van der Waals surface area contributed by atoms with E-state index in [-0.39, 0.29) is 47.7 Å². The molecule has 5 saturated heterocycles. The number of fused-ring (bicyclic) bond motifs is 3. The van der Waals surface area contributed by atoms with Crippen molar-refractivity contribution in [1.29, 1.82) is 5.26 Å². The van der Waals surface area contributed by atoms with Gasteiger partial charge in [-0.15, -0.1) is 10.2 Å². The fraction of sp³-hybridized carbons (Fsp3) is 0.452. The number of pyridine rings is 2. The first-order chi connectivity index (χ1) is 28.9. The summed E-state index contributed by atoms with van der Waals surface area (Å²) < 4.78 is 7.44. The van der Waals surface area contributed by atoms with Crippen LogP contribution in [0, 0.1) is 17.2 Å². The molecule has 5 aromatic heterocycles. The van der Waals surface area contributed by atoms with E-state index in [1.807, 2.05) is 36.5 Å². The summed E-state index contributed by atoms with van der Waals surface area (Å²) in [4.78, 5) is 54.3. The summed E-state index contributed by atoms with van der Waals surface area (Å²) in [7, 11) is 0. The Balaban J connectivity index is 0.804. The van der Waals surface area contributed by atoms with Gasteiger partial charge in [0.1, 0.15) is 11.9 Å². The van der Waals surface area contributed by atoms with Crippen molar-refractivity contribution >= 4 is 51.2 Å². The lowest BCUT2D eigenvalue weighted by Crippen LogP contribution is -2.58. The predicted octanol–water partition coefficient (Wildman–Crippen LogP) is 4.39. The number of piperazine rings is 1. The fourth-order valence-electron chi connectivity index (χ4n) is 9.44. The lowest BCUT2D eigenvalue weighted by atomic mass is 9.91. The summed E-state index contributed by atoms with van der Waals surface area (Å²) in [6.45, 7) is 4.36. The van der Waals surface area contributed by atoms with Crippen molar-refractivity contribution in [1.82, 2.24) is 40.0 Å². The van der Waals surface area contributed by atoms with Crippen LogP contribution in [0.4, 0.5) is 16.6 Å². The predicted molar refractivity (Wildman–Crippen MR) is 220 cm³/mol. The topological polar surface area (TPSA) is 187 Å². The summed E-state index contributed by atoms with van der Waals surface area (Å²) in [5.41, 5.74) is 5.54. The summed E-state index contributed by atoms with van der Waals surface area (Å²) in [6.07, 6.45) is 11.3. The maximum absolute atomic E-state index is 14.1. The third-order valence-electron chi connectivity index (χ3n) is 12.6. The molecule has 5 fully saturated rings. The van der Waals surface area contributed by atoms with Crippen LogP contribution < -0.4 is 20.4 Å². The molecule has 2 unspecified atom stereocenters. The monoisotopic (exact) mass is 812 g/mol. The Bertz CT molecular complexity index is 2430. The van der Waals surface area contributed by atoms with E-state index >= 15 is 0 Å². The van der Waals surface area contributed by atoms with E-state index in [9.17, 15) is 19.6 Å². The van der Waals surface area contributed by atoms with Crippen molar-refractivity contribution in [2.24, 2.45) is 5.92 Å². The number of nitriles is 1. The highest BCUT2D eigenvalue weighted by atomic mass is 32.1. The van der Waals surface area contributed by atoms with Crippen LogP contribution in [0.1, 0.15) is 68.4 Å². The number of piperidine rings is 2. The van der Waals surface area contributed by atoms with Gasteiger partial charge in [0.05, 0.1) is 40.1 Å². The molecule has 2 N–H and O–H groups in total. The molecule has 5 aliphatic heterocycles. The Hall–Kier alpha value is -5.99. The molecule has 17 heteroatoms. The van der Waals surface area contributed by atoms with Gasteiger partial charge in [-0.25, -0.2) is 9.50 Å². The van der Waals surface area contributed by atoms with Gasteiger partial charge in [0.2, 0.25) is 22.9 Å². The molecule has 2 bridgehead atoms. The highest BCUT2D eigenvalue weighted by molar-refractivity contribution is 7.18. The van der Waals surface area contributed by atoms with Gasteiger partial charge in [-0.1, -0.05) is 17.4 Å². The van der Waals surface area contributed by atoms with Crippen LogP contribution in [0.5, 0.6) is 0 Å². The summed E-state index contributed by atoms with van der Waals surface area (Å²) in [5.74, 6) is 0.250. The summed E-state index contributed by atoms with van der Waals surface area (Å²) in [5, 5.41) is 31.1. The number of nitrogens with zero attached hydrogens (tertiary/aromatic N) is 10. The van der Waals surface area contributed by atoms with E-state index in [0.717, 1.165) is 114 Å². The van der Waals surface area contributed by atoms with Crippen LogP contribution in [-0.2, 0) is 19.1 Å². The van der Waals surface area contributed by atoms with E-state index in [0.29, 0.717) is 31.6 Å². The van der Waals surface area contributed by atoms with Crippen molar-refractivity contribution < 1.29 is 19.1 Å². The van der Waals surface area contributed by atoms with E-state index < -0.39 is 0 Å². The van der Waals surface area contributed by atoms with E-state index in [4.69, 9.17) is 19.9 Å². The van der Waals surface area contributed by atoms with Crippen molar-refractivity contribution in [2.75, 3.05) is 54.5 Å². The molecule has 5 aromatic rings. The molecule has 0 aromatic carbocycles. The lowest BCUT2D eigenvalue weighted by Gasteiger charge is -2.43. The first-order valence-corrected chi connectivity index (χ1v) is 21.4. The fourth-order valence-corrected chi connectivity index (χ4v) is 10.3. The van der Waals surface area contributed by atoms with Crippen LogP contribution in [0.3, 0.4) is 0 Å². The largest absolute Gasteiger partial charge is 0.381 e. The van der Waals surface area contributed by atoms with Gasteiger partial charge >= 0.3 is 0 Å². The number of anilines is 3. The number of ether oxygens (including phenoxy) is 1. The molecule has 10 rings (SSSR count). The van der Waals surface area contributed by atoms with Crippen molar-refractivity contribution in [3.8, 4) is 28.0 Å². The van der Waals surface area contributed by atoms with Gasteiger partial charge in [0.25, 0.3) is 0 Å². The van der Waals surface area contributed by atoms with Crippen LogP contribution in [0.15, 0.2) is 55.0 Å². The number of aromatic nitrogens is 6. The molecule has 3 atom stereocenters. The normalized spacial score (nSPS) is 22.8. The van der Waals surface area contributed by atoms with Crippen LogP contribution in [-0.4, -0.2) is 110 Å². The van der Waals surface area contributed by atoms with Crippen molar-refractivity contribution in [3.05, 3.63) is 66.1 Å². The number of amides is 3. The van der Waals surface area contributed by atoms with E-state index in [2.05, 4.69) is 47.6 Å². The number of carbonyl (C=O) groups is 3. The lowest BCUT2D eigenvalue weighted by molar-refractivity contribution is -0.139. The van der Waals surface area contributed by atoms with Gasteiger partial charge in [-0.05, 0) is 80.8 Å². The highest BCUT2D eigenvalue weighted by Gasteiger charge is 2.45. The highest BCUT2D eigenvalue weighted by Crippen LogP contribution is 2.40.